The van der Waals surface area contributed by atoms with Gasteiger partial charge in [0.2, 0.25) is 5.91 Å². The van der Waals surface area contributed by atoms with Crippen LogP contribution in [0, 0.1) is 0 Å². The molecule has 2 aromatic carbocycles. The molecule has 3 aromatic rings. The fourth-order valence-corrected chi connectivity index (χ4v) is 4.56. The van der Waals surface area contributed by atoms with Gasteiger partial charge in [-0.15, -0.1) is 0 Å². The summed E-state index contributed by atoms with van der Waals surface area (Å²) in [6.07, 6.45) is 5.85. The lowest BCUT2D eigenvalue weighted by molar-refractivity contribution is -0.117. The van der Waals surface area contributed by atoms with Gasteiger partial charge in [0.1, 0.15) is 0 Å². The maximum Gasteiger partial charge on any atom is 0.238 e. The highest BCUT2D eigenvalue weighted by Crippen LogP contribution is 2.20. The molecule has 0 aliphatic carbocycles. The first-order chi connectivity index (χ1) is 16.2. The van der Waals surface area contributed by atoms with Gasteiger partial charge in [-0.25, -0.2) is 0 Å². The van der Waals surface area contributed by atoms with E-state index in [2.05, 4.69) is 69.6 Å². The molecule has 0 saturated carbocycles. The molecule has 1 saturated heterocycles. The number of nitrogens with one attached hydrogen (secondary N) is 1. The number of nitrogens with zero attached hydrogens (tertiary/aromatic N) is 3. The summed E-state index contributed by atoms with van der Waals surface area (Å²) in [5, 5.41) is 3.15. The van der Waals surface area contributed by atoms with Crippen molar-refractivity contribution >= 4 is 11.6 Å². The number of pyridine rings is 1. The number of benzene rings is 2. The van der Waals surface area contributed by atoms with Gasteiger partial charge in [0.05, 0.1) is 6.54 Å². The fraction of sp³-hybridized carbons (Fsp3) is 0.357. The Kier molecular flexibility index (Phi) is 8.23. The molecular formula is C28H34N4O. The summed E-state index contributed by atoms with van der Waals surface area (Å²) in [4.78, 5) is 22.0. The second-order valence-electron chi connectivity index (χ2n) is 8.93. The topological polar surface area (TPSA) is 48.5 Å². The molecule has 1 amide bonds. The van der Waals surface area contributed by atoms with Crippen LogP contribution in [-0.2, 0) is 17.6 Å². The van der Waals surface area contributed by atoms with Gasteiger partial charge in [-0.05, 0) is 68.7 Å². The van der Waals surface area contributed by atoms with Crippen LogP contribution >= 0.6 is 0 Å². The standard InChI is InChI=1S/C28H34N4O/c1-31(26-15-19-32(20-16-26)18-14-25-12-7-8-17-29-25)22-28(33)30-27-13-6-5-11-24(27)21-23-9-3-2-4-10-23/h2-13,17,26H,14-16,18-22H2,1H3,(H,30,33). The number of rotatable bonds is 9. The van der Waals surface area contributed by atoms with E-state index < -0.39 is 0 Å². The molecule has 33 heavy (non-hydrogen) atoms. The van der Waals surface area contributed by atoms with E-state index in [-0.39, 0.29) is 5.91 Å². The SMILES string of the molecule is CN(CC(=O)Nc1ccccc1Cc1ccccc1)C1CCN(CCc2ccccn2)CC1. The number of aromatic nitrogens is 1. The second-order valence-corrected chi connectivity index (χ2v) is 8.93. The van der Waals surface area contributed by atoms with Crippen LogP contribution in [0.3, 0.4) is 0 Å². The van der Waals surface area contributed by atoms with Crippen molar-refractivity contribution in [2.45, 2.75) is 31.7 Å². The van der Waals surface area contributed by atoms with Crippen molar-refractivity contribution in [3.8, 4) is 0 Å². The van der Waals surface area contributed by atoms with Crippen molar-refractivity contribution in [3.05, 3.63) is 95.8 Å². The molecule has 1 aliphatic heterocycles. The van der Waals surface area contributed by atoms with Gasteiger partial charge in [-0.2, -0.15) is 0 Å². The average Bonchev–Trinajstić information content (AvgIpc) is 2.85. The number of carbonyl (C=O) groups is 1. The van der Waals surface area contributed by atoms with E-state index in [0.29, 0.717) is 12.6 Å². The molecule has 2 heterocycles. The van der Waals surface area contributed by atoms with Gasteiger partial charge in [0.15, 0.2) is 0 Å². The third kappa shape index (κ3) is 6.98. The largest absolute Gasteiger partial charge is 0.325 e. The minimum Gasteiger partial charge on any atom is -0.325 e. The third-order valence-corrected chi connectivity index (χ3v) is 6.51. The molecule has 0 bridgehead atoms. The molecule has 1 aliphatic rings. The lowest BCUT2D eigenvalue weighted by atomic mass is 10.0. The highest BCUT2D eigenvalue weighted by Gasteiger charge is 2.23. The fourth-order valence-electron chi connectivity index (χ4n) is 4.56. The second kappa shape index (κ2) is 11.7. The Hall–Kier alpha value is -3.02. The van der Waals surface area contributed by atoms with Crippen molar-refractivity contribution in [2.75, 3.05) is 38.5 Å². The lowest BCUT2D eigenvalue weighted by Gasteiger charge is -2.36. The molecular weight excluding hydrogens is 408 g/mol. The summed E-state index contributed by atoms with van der Waals surface area (Å²) in [5.41, 5.74) is 4.44. The van der Waals surface area contributed by atoms with Crippen molar-refractivity contribution in [1.82, 2.24) is 14.8 Å². The summed E-state index contributed by atoms with van der Waals surface area (Å²) < 4.78 is 0. The van der Waals surface area contributed by atoms with Crippen LogP contribution in [-0.4, -0.2) is 60.0 Å². The molecule has 1 aromatic heterocycles. The number of para-hydroxylation sites is 1. The maximum absolute atomic E-state index is 12.8. The highest BCUT2D eigenvalue weighted by molar-refractivity contribution is 5.93. The zero-order valence-electron chi connectivity index (χ0n) is 19.5. The Morgan fingerprint density at radius 3 is 2.48 bits per heavy atom. The molecule has 4 rings (SSSR count). The molecule has 5 nitrogen and oxygen atoms in total. The summed E-state index contributed by atoms with van der Waals surface area (Å²) in [7, 11) is 2.07. The molecule has 0 atom stereocenters. The Bertz CT molecular complexity index is 1000. The lowest BCUT2D eigenvalue weighted by Crippen LogP contribution is -2.46. The number of hydrogen-bond acceptors (Lipinski definition) is 4. The Morgan fingerprint density at radius 1 is 1.00 bits per heavy atom. The molecule has 0 unspecified atom stereocenters. The summed E-state index contributed by atoms with van der Waals surface area (Å²) >= 11 is 0. The summed E-state index contributed by atoms with van der Waals surface area (Å²) in [6.45, 7) is 3.61. The van der Waals surface area contributed by atoms with E-state index in [9.17, 15) is 4.79 Å². The van der Waals surface area contributed by atoms with Crippen LogP contribution in [0.5, 0.6) is 0 Å². The van der Waals surface area contributed by atoms with Gasteiger partial charge in [0.25, 0.3) is 0 Å². The highest BCUT2D eigenvalue weighted by atomic mass is 16.2. The number of carbonyl (C=O) groups excluding carboxylic acids is 1. The number of anilines is 1. The van der Waals surface area contributed by atoms with Crippen molar-refractivity contribution < 1.29 is 4.79 Å². The number of amides is 1. The van der Waals surface area contributed by atoms with E-state index in [1.807, 2.05) is 36.5 Å². The van der Waals surface area contributed by atoms with Crippen molar-refractivity contribution in [3.63, 3.8) is 0 Å². The molecule has 1 N–H and O–H groups in total. The zero-order valence-corrected chi connectivity index (χ0v) is 19.5. The average molecular weight is 443 g/mol. The molecule has 0 radical (unpaired) electrons. The predicted octanol–water partition coefficient (Wildman–Crippen LogP) is 4.25. The van der Waals surface area contributed by atoms with Crippen LogP contribution in [0.25, 0.3) is 0 Å². The Balaban J connectivity index is 1.23. The minimum atomic E-state index is 0.0515. The van der Waals surface area contributed by atoms with E-state index in [0.717, 1.165) is 62.3 Å². The monoisotopic (exact) mass is 442 g/mol. The van der Waals surface area contributed by atoms with E-state index in [4.69, 9.17) is 0 Å². The predicted molar refractivity (Wildman–Crippen MR) is 134 cm³/mol. The minimum absolute atomic E-state index is 0.0515. The van der Waals surface area contributed by atoms with Gasteiger partial charge in [-0.3, -0.25) is 14.7 Å². The zero-order chi connectivity index (χ0) is 22.9. The van der Waals surface area contributed by atoms with Gasteiger partial charge in [0, 0.05) is 36.6 Å². The number of piperidine rings is 1. The van der Waals surface area contributed by atoms with Crippen LogP contribution < -0.4 is 5.32 Å². The van der Waals surface area contributed by atoms with Crippen LogP contribution in [0.15, 0.2) is 79.0 Å². The molecule has 5 heteroatoms. The first kappa shape index (κ1) is 23.1. The first-order valence-corrected chi connectivity index (χ1v) is 11.9. The third-order valence-electron chi connectivity index (χ3n) is 6.51. The van der Waals surface area contributed by atoms with Crippen LogP contribution in [0.1, 0.15) is 29.7 Å². The maximum atomic E-state index is 12.8. The molecule has 172 valence electrons. The normalized spacial score (nSPS) is 15.0. The van der Waals surface area contributed by atoms with Gasteiger partial charge >= 0.3 is 0 Å². The van der Waals surface area contributed by atoms with E-state index >= 15 is 0 Å². The van der Waals surface area contributed by atoms with Crippen LogP contribution in [0.2, 0.25) is 0 Å². The van der Waals surface area contributed by atoms with Gasteiger partial charge in [-0.1, -0.05) is 54.6 Å². The van der Waals surface area contributed by atoms with Gasteiger partial charge < -0.3 is 10.2 Å². The molecule has 0 spiro atoms. The first-order valence-electron chi connectivity index (χ1n) is 11.9. The van der Waals surface area contributed by atoms with Crippen molar-refractivity contribution in [1.29, 1.82) is 0 Å². The Labute approximate surface area is 197 Å². The molecule has 1 fully saturated rings. The van der Waals surface area contributed by atoms with E-state index in [1.165, 1.54) is 5.56 Å². The number of likely N-dealkylation sites (N-methyl/N-ethyl adjacent to an activating group) is 1. The number of likely N-dealkylation sites (tertiary alicyclic amines) is 1. The smallest absolute Gasteiger partial charge is 0.238 e. The number of hydrogen-bond donors (Lipinski definition) is 1. The summed E-state index contributed by atoms with van der Waals surface area (Å²) in [5.74, 6) is 0.0515. The quantitative estimate of drug-likeness (QED) is 0.538. The van der Waals surface area contributed by atoms with Crippen molar-refractivity contribution in [2.24, 2.45) is 0 Å². The van der Waals surface area contributed by atoms with E-state index in [1.54, 1.807) is 0 Å². The Morgan fingerprint density at radius 2 is 1.73 bits per heavy atom. The van der Waals surface area contributed by atoms with Crippen LogP contribution in [0.4, 0.5) is 5.69 Å². The summed E-state index contributed by atoms with van der Waals surface area (Å²) in [6, 6.07) is 25.0.